The Morgan fingerprint density at radius 3 is 2.85 bits per heavy atom. The van der Waals surface area contributed by atoms with Gasteiger partial charge in [0.1, 0.15) is 0 Å². The van der Waals surface area contributed by atoms with Crippen molar-refractivity contribution in [3.63, 3.8) is 0 Å². The summed E-state index contributed by atoms with van der Waals surface area (Å²) in [5.74, 6) is 4.81. The first-order chi connectivity index (χ1) is 6.33. The SMILES string of the molecule is NNC(=O)NN=Cc1ccncc1. The van der Waals surface area contributed by atoms with Crippen molar-refractivity contribution in [2.24, 2.45) is 10.9 Å². The predicted molar refractivity (Wildman–Crippen MR) is 47.7 cm³/mol. The lowest BCUT2D eigenvalue weighted by molar-refractivity contribution is 0.241. The van der Waals surface area contributed by atoms with E-state index < -0.39 is 6.03 Å². The lowest BCUT2D eigenvalue weighted by Gasteiger charge is -1.95. The molecule has 4 N–H and O–H groups in total. The Hall–Kier alpha value is -1.95. The van der Waals surface area contributed by atoms with Gasteiger partial charge in [-0.3, -0.25) is 10.4 Å². The molecule has 0 atom stereocenters. The highest BCUT2D eigenvalue weighted by Crippen LogP contribution is 1.89. The summed E-state index contributed by atoms with van der Waals surface area (Å²) in [5, 5.41) is 3.62. The maximum atomic E-state index is 10.5. The molecule has 13 heavy (non-hydrogen) atoms. The lowest BCUT2D eigenvalue weighted by Crippen LogP contribution is -2.37. The minimum atomic E-state index is -0.565. The standard InChI is InChI=1S/C7H9N5O/c8-11-7(13)12-10-5-6-1-3-9-4-2-6/h1-5H,8H2,(H2,11,12,13). The van der Waals surface area contributed by atoms with E-state index in [0.717, 1.165) is 5.56 Å². The number of carbonyl (C=O) groups excluding carboxylic acids is 1. The van der Waals surface area contributed by atoms with Crippen LogP contribution >= 0.6 is 0 Å². The molecule has 0 unspecified atom stereocenters. The van der Waals surface area contributed by atoms with E-state index in [1.165, 1.54) is 6.21 Å². The van der Waals surface area contributed by atoms with Gasteiger partial charge in [-0.05, 0) is 17.7 Å². The topological polar surface area (TPSA) is 92.4 Å². The van der Waals surface area contributed by atoms with Gasteiger partial charge in [0.25, 0.3) is 0 Å². The zero-order chi connectivity index (χ0) is 9.52. The summed E-state index contributed by atoms with van der Waals surface area (Å²) >= 11 is 0. The number of rotatable bonds is 2. The Balaban J connectivity index is 2.45. The predicted octanol–water partition coefficient (Wildman–Crippen LogP) is -0.412. The Morgan fingerprint density at radius 1 is 1.54 bits per heavy atom. The van der Waals surface area contributed by atoms with Gasteiger partial charge in [-0.1, -0.05) is 0 Å². The highest BCUT2D eigenvalue weighted by Gasteiger charge is 1.89. The molecule has 0 aliphatic rings. The number of amides is 2. The normalized spacial score (nSPS) is 9.92. The van der Waals surface area contributed by atoms with E-state index in [1.54, 1.807) is 24.5 Å². The van der Waals surface area contributed by atoms with Crippen molar-refractivity contribution in [1.29, 1.82) is 0 Å². The molecule has 6 heteroatoms. The summed E-state index contributed by atoms with van der Waals surface area (Å²) < 4.78 is 0. The molecule has 0 radical (unpaired) electrons. The van der Waals surface area contributed by atoms with Gasteiger partial charge >= 0.3 is 6.03 Å². The number of aromatic nitrogens is 1. The van der Waals surface area contributed by atoms with Crippen LogP contribution in [0.1, 0.15) is 5.56 Å². The molecular formula is C7H9N5O. The first kappa shape index (κ1) is 9.14. The molecule has 68 valence electrons. The molecule has 0 saturated carbocycles. The second kappa shape index (κ2) is 4.83. The highest BCUT2D eigenvalue weighted by molar-refractivity contribution is 5.81. The van der Waals surface area contributed by atoms with E-state index in [-0.39, 0.29) is 0 Å². The van der Waals surface area contributed by atoms with Crippen molar-refractivity contribution in [2.75, 3.05) is 0 Å². The zero-order valence-electron chi connectivity index (χ0n) is 6.77. The summed E-state index contributed by atoms with van der Waals surface area (Å²) in [6, 6.07) is 2.95. The van der Waals surface area contributed by atoms with Crippen LogP contribution in [0.5, 0.6) is 0 Å². The van der Waals surface area contributed by atoms with Crippen molar-refractivity contribution < 1.29 is 4.79 Å². The molecule has 0 saturated heterocycles. The third-order valence-corrected chi connectivity index (χ3v) is 1.22. The van der Waals surface area contributed by atoms with Crippen molar-refractivity contribution >= 4 is 12.2 Å². The van der Waals surface area contributed by atoms with Crippen molar-refractivity contribution in [2.45, 2.75) is 0 Å². The number of hydrogen-bond donors (Lipinski definition) is 3. The number of nitrogens with zero attached hydrogens (tertiary/aromatic N) is 2. The average Bonchev–Trinajstić information content (AvgIpc) is 2.19. The molecule has 2 amide bonds. The third-order valence-electron chi connectivity index (χ3n) is 1.22. The second-order valence-corrected chi connectivity index (χ2v) is 2.12. The third kappa shape index (κ3) is 3.30. The van der Waals surface area contributed by atoms with Crippen LogP contribution in [0.15, 0.2) is 29.6 Å². The van der Waals surface area contributed by atoms with E-state index in [1.807, 2.05) is 5.43 Å². The Kier molecular flexibility index (Phi) is 3.40. The van der Waals surface area contributed by atoms with Gasteiger partial charge < -0.3 is 0 Å². The molecule has 1 heterocycles. The molecule has 1 rings (SSSR count). The fourth-order valence-electron chi connectivity index (χ4n) is 0.647. The fourth-order valence-corrected chi connectivity index (χ4v) is 0.647. The molecule has 0 aliphatic heterocycles. The number of carbonyl (C=O) groups is 1. The highest BCUT2D eigenvalue weighted by atomic mass is 16.2. The lowest BCUT2D eigenvalue weighted by atomic mass is 10.3. The van der Waals surface area contributed by atoms with Gasteiger partial charge in [0.15, 0.2) is 0 Å². The minimum Gasteiger partial charge on any atom is -0.274 e. The zero-order valence-corrected chi connectivity index (χ0v) is 6.77. The number of pyridine rings is 1. The van der Waals surface area contributed by atoms with Crippen molar-refractivity contribution in [1.82, 2.24) is 15.8 Å². The van der Waals surface area contributed by atoms with Crippen LogP contribution in [-0.4, -0.2) is 17.2 Å². The Morgan fingerprint density at radius 2 is 2.23 bits per heavy atom. The summed E-state index contributed by atoms with van der Waals surface area (Å²) in [5.41, 5.74) is 4.87. The van der Waals surface area contributed by atoms with Crippen LogP contribution in [0, 0.1) is 0 Å². The van der Waals surface area contributed by atoms with Gasteiger partial charge in [0, 0.05) is 12.4 Å². The van der Waals surface area contributed by atoms with Gasteiger partial charge in [0.2, 0.25) is 0 Å². The number of nitrogens with one attached hydrogen (secondary N) is 2. The first-order valence-corrected chi connectivity index (χ1v) is 3.52. The maximum absolute atomic E-state index is 10.5. The summed E-state index contributed by atoms with van der Waals surface area (Å²) in [7, 11) is 0. The molecule has 6 nitrogen and oxygen atoms in total. The van der Waals surface area contributed by atoms with E-state index in [9.17, 15) is 4.79 Å². The Bertz CT molecular complexity index is 297. The molecule has 0 aliphatic carbocycles. The molecule has 1 aromatic heterocycles. The van der Waals surface area contributed by atoms with Crippen LogP contribution in [0.3, 0.4) is 0 Å². The van der Waals surface area contributed by atoms with Crippen molar-refractivity contribution in [3.05, 3.63) is 30.1 Å². The van der Waals surface area contributed by atoms with Crippen LogP contribution in [0.2, 0.25) is 0 Å². The summed E-state index contributed by atoms with van der Waals surface area (Å²) in [4.78, 5) is 14.4. The summed E-state index contributed by atoms with van der Waals surface area (Å²) in [6.07, 6.45) is 4.74. The van der Waals surface area contributed by atoms with E-state index in [2.05, 4.69) is 15.5 Å². The summed E-state index contributed by atoms with van der Waals surface area (Å²) in [6.45, 7) is 0. The Labute approximate surface area is 74.8 Å². The van der Waals surface area contributed by atoms with Crippen molar-refractivity contribution in [3.8, 4) is 0 Å². The first-order valence-electron chi connectivity index (χ1n) is 3.52. The van der Waals surface area contributed by atoms with Gasteiger partial charge in [0.05, 0.1) is 6.21 Å². The van der Waals surface area contributed by atoms with Gasteiger partial charge in [-0.2, -0.15) is 5.10 Å². The molecule has 1 aromatic rings. The number of hydrogen-bond acceptors (Lipinski definition) is 4. The van der Waals surface area contributed by atoms with E-state index in [0.29, 0.717) is 0 Å². The largest absolute Gasteiger partial charge is 0.349 e. The van der Waals surface area contributed by atoms with Crippen LogP contribution < -0.4 is 16.7 Å². The van der Waals surface area contributed by atoms with E-state index in [4.69, 9.17) is 5.84 Å². The number of urea groups is 1. The quantitative estimate of drug-likeness (QED) is 0.249. The number of nitrogens with two attached hydrogens (primary N) is 1. The molecule has 0 spiro atoms. The fraction of sp³-hybridized carbons (Fsp3) is 0. The van der Waals surface area contributed by atoms with Crippen LogP contribution in [0.25, 0.3) is 0 Å². The smallest absolute Gasteiger partial charge is 0.274 e. The number of hydrazine groups is 1. The molecule has 0 fully saturated rings. The van der Waals surface area contributed by atoms with Gasteiger partial charge in [-0.15, -0.1) is 0 Å². The van der Waals surface area contributed by atoms with Crippen LogP contribution in [0.4, 0.5) is 4.79 Å². The average molecular weight is 179 g/mol. The molecular weight excluding hydrogens is 170 g/mol. The van der Waals surface area contributed by atoms with E-state index >= 15 is 0 Å². The monoisotopic (exact) mass is 179 g/mol. The number of hydrazone groups is 1. The van der Waals surface area contributed by atoms with Crippen LogP contribution in [-0.2, 0) is 0 Å². The van der Waals surface area contributed by atoms with Gasteiger partial charge in [-0.25, -0.2) is 16.1 Å². The molecule has 0 bridgehead atoms. The minimum absolute atomic E-state index is 0.565. The second-order valence-electron chi connectivity index (χ2n) is 2.12. The molecule has 0 aromatic carbocycles. The maximum Gasteiger partial charge on any atom is 0.349 e.